The van der Waals surface area contributed by atoms with Crippen LogP contribution in [0.15, 0.2) is 36.9 Å². The van der Waals surface area contributed by atoms with Gasteiger partial charge in [0.1, 0.15) is 5.82 Å². The minimum absolute atomic E-state index is 0.173. The molecule has 20 heavy (non-hydrogen) atoms. The molecule has 0 bridgehead atoms. The molecule has 3 rings (SSSR count). The van der Waals surface area contributed by atoms with Gasteiger partial charge in [-0.1, -0.05) is 11.6 Å². The zero-order valence-corrected chi connectivity index (χ0v) is 11.4. The van der Waals surface area contributed by atoms with Gasteiger partial charge in [0.25, 0.3) is 5.91 Å². The molecular weight excluding hydrogens is 281 g/mol. The Hall–Kier alpha value is -1.88. The van der Waals surface area contributed by atoms with Crippen molar-refractivity contribution in [3.63, 3.8) is 0 Å². The summed E-state index contributed by atoms with van der Waals surface area (Å²) in [5.74, 6) is -0.248. The lowest BCUT2D eigenvalue weighted by Crippen LogP contribution is -2.51. The van der Waals surface area contributed by atoms with E-state index >= 15 is 0 Å². The Morgan fingerprint density at radius 2 is 2.20 bits per heavy atom. The largest absolute Gasteiger partial charge is 0.338 e. The number of hydrogen-bond acceptors (Lipinski definition) is 2. The van der Waals surface area contributed by atoms with E-state index in [4.69, 9.17) is 11.6 Å². The van der Waals surface area contributed by atoms with E-state index in [-0.39, 0.29) is 10.9 Å². The SMILES string of the molecule is O=C(c1cc(F)cc(Cl)c1)N1CC(Cn2ccnc2)C1. The monoisotopic (exact) mass is 293 g/mol. The molecule has 0 saturated carbocycles. The Morgan fingerprint density at radius 1 is 1.40 bits per heavy atom. The molecule has 1 aromatic heterocycles. The summed E-state index contributed by atoms with van der Waals surface area (Å²) in [5, 5.41) is 0.240. The highest BCUT2D eigenvalue weighted by Gasteiger charge is 2.31. The Bertz CT molecular complexity index is 603. The first-order chi connectivity index (χ1) is 9.61. The van der Waals surface area contributed by atoms with Gasteiger partial charge in [-0.2, -0.15) is 0 Å². The maximum atomic E-state index is 13.2. The van der Waals surface area contributed by atoms with Crippen LogP contribution in [0.1, 0.15) is 10.4 Å². The van der Waals surface area contributed by atoms with E-state index in [0.717, 1.165) is 6.54 Å². The van der Waals surface area contributed by atoms with Crippen LogP contribution in [-0.4, -0.2) is 33.4 Å². The van der Waals surface area contributed by atoms with Crippen molar-refractivity contribution in [3.8, 4) is 0 Å². The molecule has 4 nitrogen and oxygen atoms in total. The standard InChI is InChI=1S/C14H13ClFN3O/c15-12-3-11(4-13(16)5-12)14(20)19-7-10(8-19)6-18-2-1-17-9-18/h1-5,9-10H,6-8H2. The zero-order valence-electron chi connectivity index (χ0n) is 10.7. The summed E-state index contributed by atoms with van der Waals surface area (Å²) in [5.41, 5.74) is 0.302. The van der Waals surface area contributed by atoms with Crippen LogP contribution in [0.25, 0.3) is 0 Å². The highest BCUT2D eigenvalue weighted by Crippen LogP contribution is 2.22. The molecule has 2 aromatic rings. The quantitative estimate of drug-likeness (QED) is 0.872. The van der Waals surface area contributed by atoms with E-state index < -0.39 is 5.82 Å². The Balaban J connectivity index is 1.60. The third kappa shape index (κ3) is 2.67. The third-order valence-corrected chi connectivity index (χ3v) is 3.60. The molecule has 1 saturated heterocycles. The van der Waals surface area contributed by atoms with Crippen molar-refractivity contribution in [1.82, 2.24) is 14.5 Å². The lowest BCUT2D eigenvalue weighted by molar-refractivity contribution is 0.0468. The van der Waals surface area contributed by atoms with Crippen molar-refractivity contribution in [1.29, 1.82) is 0 Å². The topological polar surface area (TPSA) is 38.1 Å². The Kier molecular flexibility index (Phi) is 3.44. The lowest BCUT2D eigenvalue weighted by atomic mass is 9.98. The van der Waals surface area contributed by atoms with Crippen LogP contribution < -0.4 is 0 Å². The first kappa shape index (κ1) is 13.1. The number of rotatable bonds is 3. The predicted molar refractivity (Wildman–Crippen MR) is 73.0 cm³/mol. The normalized spacial score (nSPS) is 15.2. The van der Waals surface area contributed by atoms with E-state index in [1.807, 2.05) is 10.8 Å². The molecule has 0 radical (unpaired) electrons. The molecule has 0 atom stereocenters. The van der Waals surface area contributed by atoms with Crippen LogP contribution in [-0.2, 0) is 6.54 Å². The fourth-order valence-corrected chi connectivity index (χ4v) is 2.63. The molecule has 1 aromatic carbocycles. The molecule has 6 heteroatoms. The number of benzene rings is 1. The highest BCUT2D eigenvalue weighted by atomic mass is 35.5. The fourth-order valence-electron chi connectivity index (χ4n) is 2.40. The highest BCUT2D eigenvalue weighted by molar-refractivity contribution is 6.31. The van der Waals surface area contributed by atoms with Gasteiger partial charge >= 0.3 is 0 Å². The summed E-state index contributed by atoms with van der Waals surface area (Å²) >= 11 is 5.76. The van der Waals surface area contributed by atoms with Crippen molar-refractivity contribution < 1.29 is 9.18 Å². The number of amides is 1. The zero-order chi connectivity index (χ0) is 14.1. The summed E-state index contributed by atoms with van der Waals surface area (Å²) in [6.07, 6.45) is 5.39. The van der Waals surface area contributed by atoms with Gasteiger partial charge in [-0.25, -0.2) is 9.37 Å². The summed E-state index contributed by atoms with van der Waals surface area (Å²) in [7, 11) is 0. The Labute approximate surface area is 120 Å². The number of nitrogens with zero attached hydrogens (tertiary/aromatic N) is 3. The van der Waals surface area contributed by atoms with Crippen molar-refractivity contribution in [2.24, 2.45) is 5.92 Å². The van der Waals surface area contributed by atoms with Crippen LogP contribution in [0.4, 0.5) is 4.39 Å². The van der Waals surface area contributed by atoms with Crippen molar-refractivity contribution in [2.45, 2.75) is 6.54 Å². The van der Waals surface area contributed by atoms with Crippen LogP contribution in [0, 0.1) is 11.7 Å². The molecule has 0 spiro atoms. The van der Waals surface area contributed by atoms with Crippen molar-refractivity contribution in [2.75, 3.05) is 13.1 Å². The van der Waals surface area contributed by atoms with Gasteiger partial charge in [-0.3, -0.25) is 4.79 Å². The van der Waals surface area contributed by atoms with E-state index in [2.05, 4.69) is 4.98 Å². The number of carbonyl (C=O) groups excluding carboxylic acids is 1. The van der Waals surface area contributed by atoms with Crippen molar-refractivity contribution in [3.05, 3.63) is 53.3 Å². The second kappa shape index (κ2) is 5.25. The minimum atomic E-state index is -0.490. The first-order valence-electron chi connectivity index (χ1n) is 6.33. The summed E-state index contributed by atoms with van der Waals surface area (Å²) in [4.78, 5) is 17.8. The second-order valence-electron chi connectivity index (χ2n) is 4.99. The van der Waals surface area contributed by atoms with E-state index in [9.17, 15) is 9.18 Å². The molecule has 104 valence electrons. The van der Waals surface area contributed by atoms with Crippen molar-refractivity contribution >= 4 is 17.5 Å². The van der Waals surface area contributed by atoms with E-state index in [1.165, 1.54) is 18.2 Å². The molecule has 1 aliphatic heterocycles. The maximum absolute atomic E-state index is 13.2. The smallest absolute Gasteiger partial charge is 0.254 e. The van der Waals surface area contributed by atoms with Gasteiger partial charge in [0, 0.05) is 48.5 Å². The summed E-state index contributed by atoms with van der Waals surface area (Å²) in [6, 6.07) is 3.91. The number of halogens is 2. The molecule has 1 fully saturated rings. The van der Waals surface area contributed by atoms with Gasteiger partial charge in [-0.15, -0.1) is 0 Å². The van der Waals surface area contributed by atoms with Gasteiger partial charge in [-0.05, 0) is 18.2 Å². The number of imidazole rings is 1. The van der Waals surface area contributed by atoms with E-state index in [1.54, 1.807) is 17.4 Å². The van der Waals surface area contributed by atoms with Gasteiger partial charge in [0.05, 0.1) is 6.33 Å². The fraction of sp³-hybridized carbons (Fsp3) is 0.286. The lowest BCUT2D eigenvalue weighted by Gasteiger charge is -2.39. The van der Waals surface area contributed by atoms with Crippen LogP contribution in [0.5, 0.6) is 0 Å². The summed E-state index contributed by atoms with van der Waals surface area (Å²) in [6.45, 7) is 2.18. The molecule has 2 heterocycles. The number of aromatic nitrogens is 2. The van der Waals surface area contributed by atoms with Gasteiger partial charge in [0.2, 0.25) is 0 Å². The number of carbonyl (C=O) groups is 1. The molecule has 1 aliphatic rings. The van der Waals surface area contributed by atoms with Crippen LogP contribution in [0.3, 0.4) is 0 Å². The predicted octanol–water partition coefficient (Wildman–Crippen LogP) is 2.45. The molecule has 0 N–H and O–H groups in total. The molecule has 0 aliphatic carbocycles. The van der Waals surface area contributed by atoms with Gasteiger partial charge < -0.3 is 9.47 Å². The summed E-state index contributed by atoms with van der Waals surface area (Å²) < 4.78 is 15.2. The maximum Gasteiger partial charge on any atom is 0.254 e. The molecule has 1 amide bonds. The average molecular weight is 294 g/mol. The van der Waals surface area contributed by atoms with E-state index in [0.29, 0.717) is 24.6 Å². The van der Waals surface area contributed by atoms with Crippen LogP contribution in [0.2, 0.25) is 5.02 Å². The number of hydrogen-bond donors (Lipinski definition) is 0. The van der Waals surface area contributed by atoms with Gasteiger partial charge in [0.15, 0.2) is 0 Å². The molecular formula is C14H13ClFN3O. The van der Waals surface area contributed by atoms with Crippen LogP contribution >= 0.6 is 11.6 Å². The third-order valence-electron chi connectivity index (χ3n) is 3.38. The first-order valence-corrected chi connectivity index (χ1v) is 6.71. The number of likely N-dealkylation sites (tertiary alicyclic amines) is 1. The minimum Gasteiger partial charge on any atom is -0.338 e. The molecule has 0 unspecified atom stereocenters. The second-order valence-corrected chi connectivity index (χ2v) is 5.43. The average Bonchev–Trinajstić information content (AvgIpc) is 2.84. The Morgan fingerprint density at radius 3 is 2.85 bits per heavy atom.